The van der Waals surface area contributed by atoms with Crippen molar-refractivity contribution in [2.75, 3.05) is 19.5 Å². The quantitative estimate of drug-likeness (QED) is 0.792. The Bertz CT molecular complexity index is 418. The Balaban J connectivity index is 2.11. The third-order valence-electron chi connectivity index (χ3n) is 2.60. The van der Waals surface area contributed by atoms with Crippen molar-refractivity contribution >= 4 is 5.82 Å². The van der Waals surface area contributed by atoms with Crippen LogP contribution in [0.4, 0.5) is 5.82 Å². The average Bonchev–Trinajstić information content (AvgIpc) is 2.67. The van der Waals surface area contributed by atoms with Crippen LogP contribution in [0.2, 0.25) is 0 Å². The lowest BCUT2D eigenvalue weighted by Crippen LogP contribution is -2.27. The zero-order valence-electron chi connectivity index (χ0n) is 9.13. The van der Waals surface area contributed by atoms with Gasteiger partial charge in [-0.05, 0) is 18.9 Å². The number of nitrogens with two attached hydrogens (primary N) is 1. The summed E-state index contributed by atoms with van der Waals surface area (Å²) in [5, 5.41) is 0. The summed E-state index contributed by atoms with van der Waals surface area (Å²) in [6.45, 7) is 0.549. The summed E-state index contributed by atoms with van der Waals surface area (Å²) in [6.07, 6.45) is 3.10. The second-order valence-corrected chi connectivity index (χ2v) is 3.79. The lowest BCUT2D eigenvalue weighted by molar-refractivity contribution is -0.0334. The number of nitrogens with zero attached hydrogens (tertiary/aromatic N) is 2. The molecule has 0 bridgehead atoms. The number of aromatic nitrogens is 2. The fraction of sp³-hybridized carbons (Fsp3) is 0.600. The first-order valence-electron chi connectivity index (χ1n) is 5.20. The van der Waals surface area contributed by atoms with Crippen molar-refractivity contribution in [3.63, 3.8) is 0 Å². The highest BCUT2D eigenvalue weighted by Crippen LogP contribution is 2.26. The van der Waals surface area contributed by atoms with Gasteiger partial charge in [-0.3, -0.25) is 4.57 Å². The molecule has 2 unspecified atom stereocenters. The van der Waals surface area contributed by atoms with Crippen molar-refractivity contribution in [2.45, 2.75) is 25.2 Å². The van der Waals surface area contributed by atoms with E-state index >= 15 is 0 Å². The van der Waals surface area contributed by atoms with Crippen LogP contribution in [0.25, 0.3) is 0 Å². The van der Waals surface area contributed by atoms with Crippen LogP contribution in [-0.4, -0.2) is 29.4 Å². The molecule has 2 rings (SSSR count). The van der Waals surface area contributed by atoms with Crippen LogP contribution in [0.1, 0.15) is 19.1 Å². The standard InChI is InChI=1S/C10H15N3O3/c1-15-6-7-2-3-9(16-7)13-5-4-8(11)12-10(13)14/h4-5,7,9H,2-3,6H2,1H3,(H2,11,12,14). The Morgan fingerprint density at radius 1 is 1.69 bits per heavy atom. The summed E-state index contributed by atoms with van der Waals surface area (Å²) >= 11 is 0. The maximum Gasteiger partial charge on any atom is 0.351 e. The number of rotatable bonds is 3. The minimum atomic E-state index is -0.372. The lowest BCUT2D eigenvalue weighted by atomic mass is 10.2. The van der Waals surface area contributed by atoms with E-state index < -0.39 is 0 Å². The number of nitrogen functional groups attached to an aromatic ring is 1. The van der Waals surface area contributed by atoms with Gasteiger partial charge in [-0.25, -0.2) is 4.79 Å². The highest BCUT2D eigenvalue weighted by molar-refractivity contribution is 5.23. The molecule has 1 aliphatic heterocycles. The van der Waals surface area contributed by atoms with Gasteiger partial charge in [0.25, 0.3) is 0 Å². The van der Waals surface area contributed by atoms with Crippen molar-refractivity contribution in [1.29, 1.82) is 0 Å². The highest BCUT2D eigenvalue weighted by atomic mass is 16.5. The van der Waals surface area contributed by atoms with Crippen molar-refractivity contribution in [2.24, 2.45) is 0 Å². The van der Waals surface area contributed by atoms with Crippen LogP contribution in [-0.2, 0) is 9.47 Å². The van der Waals surface area contributed by atoms with Crippen molar-refractivity contribution in [3.8, 4) is 0 Å². The highest BCUT2D eigenvalue weighted by Gasteiger charge is 2.27. The molecular weight excluding hydrogens is 210 g/mol. The molecule has 6 nitrogen and oxygen atoms in total. The first-order chi connectivity index (χ1) is 7.70. The summed E-state index contributed by atoms with van der Waals surface area (Å²) in [5.41, 5.74) is 5.04. The van der Waals surface area contributed by atoms with Gasteiger partial charge in [-0.2, -0.15) is 4.98 Å². The smallest absolute Gasteiger partial charge is 0.351 e. The molecule has 0 radical (unpaired) electrons. The van der Waals surface area contributed by atoms with E-state index in [1.807, 2.05) is 0 Å². The van der Waals surface area contributed by atoms with Crippen LogP contribution >= 0.6 is 0 Å². The molecule has 2 heterocycles. The van der Waals surface area contributed by atoms with E-state index in [0.29, 0.717) is 6.61 Å². The molecule has 1 aromatic rings. The third kappa shape index (κ3) is 2.23. The molecule has 2 atom stereocenters. The van der Waals surface area contributed by atoms with E-state index in [1.54, 1.807) is 19.4 Å². The van der Waals surface area contributed by atoms with Crippen molar-refractivity contribution in [3.05, 3.63) is 22.7 Å². The number of methoxy groups -OCH3 is 1. The Kier molecular flexibility index (Phi) is 3.21. The second-order valence-electron chi connectivity index (χ2n) is 3.79. The monoisotopic (exact) mass is 225 g/mol. The van der Waals surface area contributed by atoms with E-state index in [9.17, 15) is 4.79 Å². The van der Waals surface area contributed by atoms with Gasteiger partial charge in [0.2, 0.25) is 0 Å². The Morgan fingerprint density at radius 2 is 2.50 bits per heavy atom. The maximum absolute atomic E-state index is 11.6. The van der Waals surface area contributed by atoms with E-state index in [2.05, 4.69) is 4.98 Å². The summed E-state index contributed by atoms with van der Waals surface area (Å²) in [7, 11) is 1.63. The van der Waals surface area contributed by atoms with Gasteiger partial charge in [-0.1, -0.05) is 0 Å². The van der Waals surface area contributed by atoms with Gasteiger partial charge in [0.1, 0.15) is 12.0 Å². The van der Waals surface area contributed by atoms with E-state index in [-0.39, 0.29) is 23.8 Å². The number of anilines is 1. The van der Waals surface area contributed by atoms with Crippen LogP contribution in [0.3, 0.4) is 0 Å². The molecule has 0 aliphatic carbocycles. The molecule has 1 aromatic heterocycles. The second kappa shape index (κ2) is 4.63. The predicted octanol–water partition coefficient (Wildman–Crippen LogP) is 0.150. The van der Waals surface area contributed by atoms with Gasteiger partial charge in [-0.15, -0.1) is 0 Å². The molecular formula is C10H15N3O3. The third-order valence-corrected chi connectivity index (χ3v) is 2.60. The van der Waals surface area contributed by atoms with Gasteiger partial charge in [0, 0.05) is 13.3 Å². The van der Waals surface area contributed by atoms with E-state index in [4.69, 9.17) is 15.2 Å². The Hall–Kier alpha value is -1.40. The zero-order chi connectivity index (χ0) is 11.5. The van der Waals surface area contributed by atoms with Gasteiger partial charge in [0.15, 0.2) is 0 Å². The molecule has 0 spiro atoms. The SMILES string of the molecule is COCC1CCC(n2ccc(N)nc2=O)O1. The predicted molar refractivity (Wildman–Crippen MR) is 57.9 cm³/mol. The van der Waals surface area contributed by atoms with Gasteiger partial charge < -0.3 is 15.2 Å². The Labute approximate surface area is 93.0 Å². The number of hydrogen-bond donors (Lipinski definition) is 1. The number of ether oxygens (including phenoxy) is 2. The average molecular weight is 225 g/mol. The van der Waals surface area contributed by atoms with E-state index in [0.717, 1.165) is 12.8 Å². The largest absolute Gasteiger partial charge is 0.383 e. The van der Waals surface area contributed by atoms with Crippen molar-refractivity contribution < 1.29 is 9.47 Å². The van der Waals surface area contributed by atoms with Gasteiger partial charge >= 0.3 is 5.69 Å². The molecule has 0 amide bonds. The van der Waals surface area contributed by atoms with Crippen LogP contribution in [0, 0.1) is 0 Å². The number of hydrogen-bond acceptors (Lipinski definition) is 5. The summed E-state index contributed by atoms with van der Waals surface area (Å²) in [4.78, 5) is 15.2. The molecule has 0 aromatic carbocycles. The molecule has 88 valence electrons. The molecule has 2 N–H and O–H groups in total. The normalized spacial score (nSPS) is 24.8. The van der Waals surface area contributed by atoms with Crippen LogP contribution < -0.4 is 11.4 Å². The molecule has 1 fully saturated rings. The topological polar surface area (TPSA) is 79.4 Å². The van der Waals surface area contributed by atoms with Crippen molar-refractivity contribution in [1.82, 2.24) is 9.55 Å². The molecule has 6 heteroatoms. The zero-order valence-corrected chi connectivity index (χ0v) is 9.13. The van der Waals surface area contributed by atoms with Crippen LogP contribution in [0.15, 0.2) is 17.1 Å². The summed E-state index contributed by atoms with van der Waals surface area (Å²) in [5.74, 6) is 0.229. The molecule has 16 heavy (non-hydrogen) atoms. The Morgan fingerprint density at radius 3 is 3.19 bits per heavy atom. The molecule has 1 aliphatic rings. The fourth-order valence-electron chi connectivity index (χ4n) is 1.84. The lowest BCUT2D eigenvalue weighted by Gasteiger charge is -2.14. The first-order valence-corrected chi connectivity index (χ1v) is 5.20. The molecule has 0 saturated carbocycles. The minimum Gasteiger partial charge on any atom is -0.383 e. The minimum absolute atomic E-state index is 0.0550. The van der Waals surface area contributed by atoms with Gasteiger partial charge in [0.05, 0.1) is 12.7 Å². The van der Waals surface area contributed by atoms with E-state index in [1.165, 1.54) is 4.57 Å². The maximum atomic E-state index is 11.6. The summed E-state index contributed by atoms with van der Waals surface area (Å²) < 4.78 is 12.1. The fourth-order valence-corrected chi connectivity index (χ4v) is 1.84. The first kappa shape index (κ1) is 11.1. The summed E-state index contributed by atoms with van der Waals surface area (Å²) in [6, 6.07) is 1.59. The van der Waals surface area contributed by atoms with Crippen LogP contribution in [0.5, 0.6) is 0 Å². The molecule has 1 saturated heterocycles.